The molecule has 0 amide bonds. The molecule has 2 aliphatic rings. The molecule has 6 atom stereocenters. The van der Waals surface area contributed by atoms with E-state index in [-0.39, 0.29) is 5.92 Å². The number of carboxylic acids is 2. The van der Waals surface area contributed by atoms with Gasteiger partial charge in [-0.15, -0.1) is 0 Å². The van der Waals surface area contributed by atoms with Crippen LogP contribution in [0.15, 0.2) is 18.2 Å². The van der Waals surface area contributed by atoms with Gasteiger partial charge in [-0.3, -0.25) is 9.59 Å². The van der Waals surface area contributed by atoms with E-state index in [2.05, 4.69) is 0 Å². The molecule has 0 spiro atoms. The summed E-state index contributed by atoms with van der Waals surface area (Å²) in [6, 6.07) is 5.04. The molecule has 2 aliphatic carbocycles. The number of nitrogens with two attached hydrogens (primary N) is 1. The molecule has 0 bridgehead atoms. The second-order valence-electron chi connectivity index (χ2n) is 6.47. The Morgan fingerprint density at radius 2 is 2.00 bits per heavy atom. The van der Waals surface area contributed by atoms with Gasteiger partial charge in [-0.05, 0) is 37.0 Å². The van der Waals surface area contributed by atoms with Crippen molar-refractivity contribution in [1.82, 2.24) is 0 Å². The van der Waals surface area contributed by atoms with Gasteiger partial charge in [0.2, 0.25) is 0 Å². The van der Waals surface area contributed by atoms with Crippen molar-refractivity contribution in [1.29, 1.82) is 0 Å². The van der Waals surface area contributed by atoms with Crippen LogP contribution in [0.4, 0.5) is 0 Å². The fraction of sp³-hybridized carbons (Fsp3) is 0.500. The smallest absolute Gasteiger partial charge is 0.326 e. The van der Waals surface area contributed by atoms with E-state index in [1.54, 1.807) is 25.1 Å². The Kier molecular flexibility index (Phi) is 4.28. The van der Waals surface area contributed by atoms with Crippen molar-refractivity contribution < 1.29 is 24.5 Å². The number of fused-ring (bicyclic) bond motifs is 1. The molecule has 0 aliphatic heterocycles. The van der Waals surface area contributed by atoms with Gasteiger partial charge >= 0.3 is 11.9 Å². The van der Waals surface area contributed by atoms with Crippen LogP contribution in [0.1, 0.15) is 25.0 Å². The zero-order valence-corrected chi connectivity index (χ0v) is 14.3. The van der Waals surface area contributed by atoms with Crippen LogP contribution in [0.25, 0.3) is 0 Å². The summed E-state index contributed by atoms with van der Waals surface area (Å²) in [4.78, 5) is 22.9. The maximum Gasteiger partial charge on any atom is 0.326 e. The number of halogens is 2. The Morgan fingerprint density at radius 1 is 1.33 bits per heavy atom. The van der Waals surface area contributed by atoms with Gasteiger partial charge in [0, 0.05) is 5.92 Å². The number of carboxylic acid groups (broad SMARTS) is 2. The molecule has 0 unspecified atom stereocenters. The number of hydrogen-bond donors (Lipinski definition) is 3. The second kappa shape index (κ2) is 5.88. The summed E-state index contributed by atoms with van der Waals surface area (Å²) in [5.74, 6) is -3.79. The van der Waals surface area contributed by atoms with Crippen molar-refractivity contribution >= 4 is 35.1 Å². The molecule has 4 N–H and O–H groups in total. The first-order valence-electron chi connectivity index (χ1n) is 7.53. The predicted molar refractivity (Wildman–Crippen MR) is 87.0 cm³/mol. The molecule has 0 saturated heterocycles. The summed E-state index contributed by atoms with van der Waals surface area (Å²) in [5, 5.41) is 19.5. The lowest BCUT2D eigenvalue weighted by Crippen LogP contribution is -2.58. The average molecular weight is 374 g/mol. The van der Waals surface area contributed by atoms with Crippen LogP contribution in [-0.2, 0) is 14.3 Å². The highest BCUT2D eigenvalue weighted by atomic mass is 35.5. The monoisotopic (exact) mass is 373 g/mol. The average Bonchev–Trinajstić information content (AvgIpc) is 3.15. The number of rotatable bonds is 5. The van der Waals surface area contributed by atoms with Crippen LogP contribution in [0, 0.1) is 17.8 Å². The Hall–Kier alpha value is -1.34. The predicted octanol–water partition coefficient (Wildman–Crippen LogP) is 2.57. The normalized spacial score (nSPS) is 35.3. The molecule has 8 heteroatoms. The summed E-state index contributed by atoms with van der Waals surface area (Å²) in [6.07, 6.45) is -0.895. The minimum atomic E-state index is -1.70. The number of carbonyl (C=O) groups is 2. The third kappa shape index (κ3) is 2.58. The van der Waals surface area contributed by atoms with Crippen LogP contribution >= 0.6 is 23.2 Å². The van der Waals surface area contributed by atoms with Crippen molar-refractivity contribution in [2.45, 2.75) is 31.1 Å². The minimum absolute atomic E-state index is 0.255. The topological polar surface area (TPSA) is 110 Å². The summed E-state index contributed by atoms with van der Waals surface area (Å²) < 4.78 is 5.90. The van der Waals surface area contributed by atoms with Crippen molar-refractivity contribution in [3.63, 3.8) is 0 Å². The molecule has 0 aromatic heterocycles. The van der Waals surface area contributed by atoms with E-state index in [4.69, 9.17) is 38.8 Å². The highest BCUT2D eigenvalue weighted by Gasteiger charge is 2.74. The highest BCUT2D eigenvalue weighted by Crippen LogP contribution is 2.62. The first-order valence-corrected chi connectivity index (χ1v) is 8.29. The molecule has 2 fully saturated rings. The second-order valence-corrected chi connectivity index (χ2v) is 7.28. The lowest BCUT2D eigenvalue weighted by atomic mass is 9.88. The maximum absolute atomic E-state index is 11.7. The van der Waals surface area contributed by atoms with E-state index in [1.807, 2.05) is 0 Å². The number of hydrogen-bond acceptors (Lipinski definition) is 4. The van der Waals surface area contributed by atoms with Gasteiger partial charge in [-0.1, -0.05) is 29.3 Å². The van der Waals surface area contributed by atoms with E-state index in [1.165, 1.54) is 0 Å². The molecule has 6 nitrogen and oxygen atoms in total. The maximum atomic E-state index is 11.7. The summed E-state index contributed by atoms with van der Waals surface area (Å²) in [6.45, 7) is 1.76. The third-order valence-corrected chi connectivity index (χ3v) is 5.92. The minimum Gasteiger partial charge on any atom is -0.481 e. The van der Waals surface area contributed by atoms with Crippen molar-refractivity contribution in [3.05, 3.63) is 33.8 Å². The number of ether oxygens (including phenoxy) is 1. The molecular formula is C16H17Cl2NO5. The lowest BCUT2D eigenvalue weighted by molar-refractivity contribution is -0.154. The van der Waals surface area contributed by atoms with E-state index in [9.17, 15) is 14.7 Å². The van der Waals surface area contributed by atoms with Gasteiger partial charge < -0.3 is 20.7 Å². The van der Waals surface area contributed by atoms with Crippen molar-refractivity contribution in [2.24, 2.45) is 23.5 Å². The molecule has 1 aromatic carbocycles. The Balaban J connectivity index is 1.79. The van der Waals surface area contributed by atoms with Gasteiger partial charge in [0.25, 0.3) is 0 Å². The summed E-state index contributed by atoms with van der Waals surface area (Å²) >= 11 is 11.9. The van der Waals surface area contributed by atoms with Gasteiger partial charge in [-0.2, -0.15) is 0 Å². The Morgan fingerprint density at radius 3 is 2.54 bits per heavy atom. The molecule has 0 heterocycles. The fourth-order valence-corrected chi connectivity index (χ4v) is 4.16. The Labute approximate surface area is 148 Å². The SMILES string of the molecule is C[C@@H](O[C@@H]1C[C@H]2[C@H](C(=O)O)[C@H]2[C@]1(N)C(=O)O)c1ccc(Cl)c(Cl)c1. The van der Waals surface area contributed by atoms with Crippen LogP contribution in [0.5, 0.6) is 0 Å². The molecule has 2 saturated carbocycles. The number of benzene rings is 1. The fourth-order valence-electron chi connectivity index (χ4n) is 3.85. The first-order chi connectivity index (χ1) is 11.2. The molecule has 0 radical (unpaired) electrons. The van der Waals surface area contributed by atoms with Gasteiger partial charge in [0.15, 0.2) is 0 Å². The van der Waals surface area contributed by atoms with E-state index in [0.717, 1.165) is 5.56 Å². The standard InChI is InChI=1S/C16H17Cl2NO5/c1-6(7-2-3-9(17)10(18)4-7)24-11-5-8-12(14(20)21)13(8)16(11,19)15(22)23/h2-4,6,8,11-13H,5,19H2,1H3,(H,20,21)(H,22,23)/t6-,8+,11-,12+,13+,16+/m1/s1. The molecule has 3 rings (SSSR count). The lowest BCUT2D eigenvalue weighted by Gasteiger charge is -2.32. The van der Waals surface area contributed by atoms with E-state index in [0.29, 0.717) is 16.5 Å². The van der Waals surface area contributed by atoms with Gasteiger partial charge in [-0.25, -0.2) is 0 Å². The van der Waals surface area contributed by atoms with E-state index < -0.39 is 41.5 Å². The number of aliphatic carboxylic acids is 2. The quantitative estimate of drug-likeness (QED) is 0.731. The van der Waals surface area contributed by atoms with Gasteiger partial charge in [0.05, 0.1) is 28.2 Å². The van der Waals surface area contributed by atoms with Crippen LogP contribution < -0.4 is 5.73 Å². The molecule has 130 valence electrons. The Bertz CT molecular complexity index is 712. The largest absolute Gasteiger partial charge is 0.481 e. The van der Waals surface area contributed by atoms with Crippen molar-refractivity contribution in [3.8, 4) is 0 Å². The first kappa shape index (κ1) is 17.5. The third-order valence-electron chi connectivity index (χ3n) is 5.18. The summed E-state index contributed by atoms with van der Waals surface area (Å²) in [5.41, 5.74) is 5.15. The van der Waals surface area contributed by atoms with Crippen LogP contribution in [-0.4, -0.2) is 33.8 Å². The highest BCUT2D eigenvalue weighted by molar-refractivity contribution is 6.42. The molecule has 24 heavy (non-hydrogen) atoms. The van der Waals surface area contributed by atoms with Crippen LogP contribution in [0.2, 0.25) is 10.0 Å². The zero-order valence-electron chi connectivity index (χ0n) is 12.8. The van der Waals surface area contributed by atoms with E-state index >= 15 is 0 Å². The summed E-state index contributed by atoms with van der Waals surface area (Å²) in [7, 11) is 0. The van der Waals surface area contributed by atoms with Crippen LogP contribution in [0.3, 0.4) is 0 Å². The van der Waals surface area contributed by atoms with Gasteiger partial charge in [0.1, 0.15) is 5.54 Å². The molecular weight excluding hydrogens is 357 g/mol. The molecule has 1 aromatic rings. The zero-order chi connectivity index (χ0) is 17.8. The van der Waals surface area contributed by atoms with Crippen molar-refractivity contribution in [2.75, 3.05) is 0 Å².